The van der Waals surface area contributed by atoms with Crippen LogP contribution in [0.5, 0.6) is 0 Å². The molecular weight excluding hydrogens is 374 g/mol. The van der Waals surface area contributed by atoms with Crippen molar-refractivity contribution in [2.24, 2.45) is 0 Å². The highest BCUT2D eigenvalue weighted by molar-refractivity contribution is 5.87. The van der Waals surface area contributed by atoms with Crippen LogP contribution in [0.25, 0.3) is 10.8 Å². The van der Waals surface area contributed by atoms with E-state index >= 15 is 0 Å². The van der Waals surface area contributed by atoms with E-state index in [0.29, 0.717) is 0 Å². The first kappa shape index (κ1) is 22.6. The Balaban J connectivity index is 2.15. The Kier molecular flexibility index (Phi) is 6.85. The Labute approximate surface area is 188 Å². The summed E-state index contributed by atoms with van der Waals surface area (Å²) < 4.78 is 0. The van der Waals surface area contributed by atoms with Gasteiger partial charge in [-0.25, -0.2) is 0 Å². The molecule has 1 heteroatoms. The monoisotopic (exact) mass is 409 g/mol. The minimum Gasteiger partial charge on any atom is -0.359 e. The van der Waals surface area contributed by atoms with Gasteiger partial charge < -0.3 is 5.32 Å². The van der Waals surface area contributed by atoms with Gasteiger partial charge in [0.15, 0.2) is 0 Å². The molecule has 0 spiro atoms. The summed E-state index contributed by atoms with van der Waals surface area (Å²) in [5, 5.41) is 5.93. The summed E-state index contributed by atoms with van der Waals surface area (Å²) in [5.74, 6) is 0. The smallest absolute Gasteiger partial charge is 0.0388 e. The van der Waals surface area contributed by atoms with Crippen molar-refractivity contribution in [3.8, 4) is 0 Å². The van der Waals surface area contributed by atoms with E-state index in [9.17, 15) is 0 Å². The fourth-order valence-corrected chi connectivity index (χ4v) is 5.13. The molecule has 31 heavy (non-hydrogen) atoms. The Morgan fingerprint density at radius 3 is 2.16 bits per heavy atom. The zero-order chi connectivity index (χ0) is 22.5. The summed E-state index contributed by atoms with van der Waals surface area (Å²) in [7, 11) is 0. The van der Waals surface area contributed by atoms with Crippen molar-refractivity contribution < 1.29 is 0 Å². The van der Waals surface area contributed by atoms with Crippen molar-refractivity contribution in [3.63, 3.8) is 0 Å². The first-order valence-corrected chi connectivity index (χ1v) is 11.2. The van der Waals surface area contributed by atoms with Crippen molar-refractivity contribution in [1.82, 2.24) is 0 Å². The predicted molar refractivity (Wildman–Crippen MR) is 138 cm³/mol. The molecule has 0 aliphatic rings. The van der Waals surface area contributed by atoms with Crippen LogP contribution >= 0.6 is 0 Å². The lowest BCUT2D eigenvalue weighted by Crippen LogP contribution is -2.45. The second-order valence-electron chi connectivity index (χ2n) is 8.55. The highest BCUT2D eigenvalue weighted by Gasteiger charge is 2.46. The second-order valence-corrected chi connectivity index (χ2v) is 8.55. The standard InChI is InChI=1S/C30H35N/c1-7-14-23(5)31-28-20-18-24-17-19-27(21-25(24)22-28)29(6,8-2)30(9-3,10-4)26-15-12-11-13-16-26/h7-8,11-22,31H,1-2,9-10H2,3-6H3/b23-14+. The van der Waals surface area contributed by atoms with Crippen LogP contribution in [0.4, 0.5) is 5.69 Å². The Morgan fingerprint density at radius 2 is 1.55 bits per heavy atom. The van der Waals surface area contributed by atoms with Gasteiger partial charge >= 0.3 is 0 Å². The molecule has 160 valence electrons. The minimum absolute atomic E-state index is 0.0250. The fraction of sp³-hybridized carbons (Fsp3) is 0.267. The number of rotatable bonds is 9. The van der Waals surface area contributed by atoms with E-state index in [1.165, 1.54) is 21.9 Å². The van der Waals surface area contributed by atoms with Crippen molar-refractivity contribution in [2.45, 2.75) is 51.4 Å². The van der Waals surface area contributed by atoms with Gasteiger partial charge in [-0.05, 0) is 59.9 Å². The van der Waals surface area contributed by atoms with Crippen LogP contribution in [-0.4, -0.2) is 0 Å². The molecular formula is C30H35N. The van der Waals surface area contributed by atoms with Gasteiger partial charge in [0.1, 0.15) is 0 Å². The molecule has 1 atom stereocenters. The summed E-state index contributed by atoms with van der Waals surface area (Å²) in [6.07, 6.45) is 8.03. The zero-order valence-corrected chi connectivity index (χ0v) is 19.4. The topological polar surface area (TPSA) is 12.0 Å². The number of benzene rings is 3. The van der Waals surface area contributed by atoms with Crippen molar-refractivity contribution in [3.05, 3.63) is 115 Å². The van der Waals surface area contributed by atoms with Crippen molar-refractivity contribution >= 4 is 16.5 Å². The molecule has 0 aliphatic carbocycles. The van der Waals surface area contributed by atoms with Gasteiger partial charge in [0, 0.05) is 22.2 Å². The predicted octanol–water partition coefficient (Wildman–Crippen LogP) is 8.54. The Hall–Kier alpha value is -3.06. The average Bonchev–Trinajstić information content (AvgIpc) is 2.80. The molecule has 0 saturated carbocycles. The molecule has 0 saturated heterocycles. The van der Waals surface area contributed by atoms with E-state index in [-0.39, 0.29) is 10.8 Å². The van der Waals surface area contributed by atoms with Crippen LogP contribution in [0.1, 0.15) is 51.7 Å². The minimum atomic E-state index is -0.200. The number of nitrogens with one attached hydrogen (secondary N) is 1. The largest absolute Gasteiger partial charge is 0.359 e. The molecule has 1 nitrogen and oxygen atoms in total. The first-order valence-electron chi connectivity index (χ1n) is 11.2. The molecule has 0 heterocycles. The maximum Gasteiger partial charge on any atom is 0.0388 e. The maximum atomic E-state index is 4.32. The van der Waals surface area contributed by atoms with Gasteiger partial charge in [0.25, 0.3) is 0 Å². The highest BCUT2D eigenvalue weighted by Crippen LogP contribution is 2.50. The molecule has 1 unspecified atom stereocenters. The molecule has 0 radical (unpaired) electrons. The average molecular weight is 410 g/mol. The maximum absolute atomic E-state index is 4.32. The number of anilines is 1. The lowest BCUT2D eigenvalue weighted by Gasteiger charge is -2.48. The lowest BCUT2D eigenvalue weighted by molar-refractivity contribution is 0.262. The number of allylic oxidation sites excluding steroid dienone is 4. The van der Waals surface area contributed by atoms with E-state index in [1.807, 2.05) is 13.0 Å². The van der Waals surface area contributed by atoms with Gasteiger partial charge in [-0.15, -0.1) is 6.58 Å². The third kappa shape index (κ3) is 4.10. The van der Waals surface area contributed by atoms with E-state index in [4.69, 9.17) is 0 Å². The molecule has 0 amide bonds. The van der Waals surface area contributed by atoms with Gasteiger partial charge in [-0.2, -0.15) is 0 Å². The van der Waals surface area contributed by atoms with Crippen molar-refractivity contribution in [2.75, 3.05) is 5.32 Å². The number of hydrogen-bond donors (Lipinski definition) is 1. The van der Waals surface area contributed by atoms with Gasteiger partial charge in [-0.1, -0.05) is 94.1 Å². The van der Waals surface area contributed by atoms with Crippen molar-refractivity contribution in [1.29, 1.82) is 0 Å². The van der Waals surface area contributed by atoms with Crippen LogP contribution in [-0.2, 0) is 10.8 Å². The van der Waals surface area contributed by atoms with Gasteiger partial charge in [0.2, 0.25) is 0 Å². The van der Waals surface area contributed by atoms with E-state index in [2.05, 4.69) is 112 Å². The van der Waals surface area contributed by atoms with Crippen LogP contribution < -0.4 is 5.32 Å². The summed E-state index contributed by atoms with van der Waals surface area (Å²) >= 11 is 0. The molecule has 0 aromatic heterocycles. The Bertz CT molecular complexity index is 1090. The highest BCUT2D eigenvalue weighted by atomic mass is 14.9. The molecule has 3 aromatic carbocycles. The second kappa shape index (κ2) is 9.39. The summed E-state index contributed by atoms with van der Waals surface area (Å²) in [6, 6.07) is 24.3. The summed E-state index contributed by atoms with van der Waals surface area (Å²) in [6.45, 7) is 17.1. The summed E-state index contributed by atoms with van der Waals surface area (Å²) in [4.78, 5) is 0. The van der Waals surface area contributed by atoms with Gasteiger partial charge in [-0.3, -0.25) is 0 Å². The zero-order valence-electron chi connectivity index (χ0n) is 19.4. The fourth-order valence-electron chi connectivity index (χ4n) is 5.13. The van der Waals surface area contributed by atoms with E-state index < -0.39 is 0 Å². The van der Waals surface area contributed by atoms with Crippen LogP contribution in [0.15, 0.2) is 104 Å². The third-order valence-electron chi connectivity index (χ3n) is 7.09. The number of hydrogen-bond acceptors (Lipinski definition) is 1. The molecule has 0 bridgehead atoms. The number of fused-ring (bicyclic) bond motifs is 1. The molecule has 0 aliphatic heterocycles. The molecule has 3 rings (SSSR count). The third-order valence-corrected chi connectivity index (χ3v) is 7.09. The van der Waals surface area contributed by atoms with Crippen LogP contribution in [0.2, 0.25) is 0 Å². The van der Waals surface area contributed by atoms with Gasteiger partial charge in [0.05, 0.1) is 0 Å². The van der Waals surface area contributed by atoms with E-state index in [1.54, 1.807) is 6.08 Å². The van der Waals surface area contributed by atoms with Crippen LogP contribution in [0.3, 0.4) is 0 Å². The van der Waals surface area contributed by atoms with E-state index in [0.717, 1.165) is 24.2 Å². The molecule has 1 N–H and O–H groups in total. The Morgan fingerprint density at radius 1 is 0.871 bits per heavy atom. The van der Waals surface area contributed by atoms with Crippen LogP contribution in [0, 0.1) is 0 Å². The SMILES string of the molecule is C=C/C=C(\C)Nc1ccc2ccc(C(C)(C=C)C(CC)(CC)c3ccccc3)cc2c1. The molecule has 0 fully saturated rings. The first-order chi connectivity index (χ1) is 14.9. The lowest BCUT2D eigenvalue weighted by atomic mass is 9.55. The quantitative estimate of drug-likeness (QED) is 0.276. The molecule has 3 aromatic rings. The summed E-state index contributed by atoms with van der Waals surface area (Å²) in [5.41, 5.74) is 4.61. The normalized spacial score (nSPS) is 14.1.